The molecule has 31 heavy (non-hydrogen) atoms. The molecular formula is C23H23N3O5. The molecule has 0 saturated carbocycles. The molecule has 1 N–H and O–H groups in total. The lowest BCUT2D eigenvalue weighted by molar-refractivity contribution is 0.0534. The van der Waals surface area contributed by atoms with Gasteiger partial charge in [0.25, 0.3) is 5.91 Å². The van der Waals surface area contributed by atoms with E-state index in [9.17, 15) is 15.2 Å². The van der Waals surface area contributed by atoms with Crippen LogP contribution in [-0.4, -0.2) is 54.2 Å². The normalized spacial score (nSPS) is 19.4. The van der Waals surface area contributed by atoms with Crippen LogP contribution in [0.2, 0.25) is 0 Å². The monoisotopic (exact) mass is 421 g/mol. The molecule has 2 atom stereocenters. The predicted octanol–water partition coefficient (Wildman–Crippen LogP) is 2.86. The third-order valence-electron chi connectivity index (χ3n) is 5.73. The van der Waals surface area contributed by atoms with Gasteiger partial charge >= 0.3 is 0 Å². The van der Waals surface area contributed by atoms with Gasteiger partial charge in [0.2, 0.25) is 6.79 Å². The molecule has 1 fully saturated rings. The first kappa shape index (κ1) is 20.7. The Labute approximate surface area is 180 Å². The van der Waals surface area contributed by atoms with Crippen molar-refractivity contribution in [3.8, 4) is 28.7 Å². The molecule has 0 aromatic heterocycles. The molecule has 2 aliphatic rings. The van der Waals surface area contributed by atoms with Crippen LogP contribution in [0.1, 0.15) is 34.8 Å². The molecule has 0 unspecified atom stereocenters. The standard InChI is InChI=1S/C23H23N3O5/c1-13-15(10-24)5-4-6-17(13)18-7-8-19(22-21(18)30-12-31-22)23(28)26-11-16(25-29-3)9-20(26)14(2)27/h4-8,14,20,27H,9,11-12H2,1-3H3/b25-16-/t14-,20+/m1/s1. The number of rotatable bonds is 4. The Bertz CT molecular complexity index is 1100. The molecule has 2 aromatic carbocycles. The Hall–Kier alpha value is -3.57. The first-order chi connectivity index (χ1) is 15.0. The second kappa shape index (κ2) is 8.28. The molecule has 2 heterocycles. The first-order valence-electron chi connectivity index (χ1n) is 9.96. The predicted molar refractivity (Wildman–Crippen MR) is 113 cm³/mol. The average Bonchev–Trinajstić information content (AvgIpc) is 3.41. The van der Waals surface area contributed by atoms with Gasteiger partial charge in [-0.3, -0.25) is 4.79 Å². The van der Waals surface area contributed by atoms with Crippen molar-refractivity contribution in [3.63, 3.8) is 0 Å². The number of aliphatic hydroxyl groups excluding tert-OH is 1. The number of hydrogen-bond donors (Lipinski definition) is 1. The summed E-state index contributed by atoms with van der Waals surface area (Å²) in [5.41, 5.74) is 4.06. The zero-order valence-corrected chi connectivity index (χ0v) is 17.6. The van der Waals surface area contributed by atoms with Gasteiger partial charge in [-0.2, -0.15) is 5.26 Å². The van der Waals surface area contributed by atoms with Crippen LogP contribution in [0.4, 0.5) is 0 Å². The Kier molecular flexibility index (Phi) is 5.53. The van der Waals surface area contributed by atoms with Crippen molar-refractivity contribution in [3.05, 3.63) is 47.0 Å². The average molecular weight is 421 g/mol. The number of oxime groups is 1. The summed E-state index contributed by atoms with van der Waals surface area (Å²) < 4.78 is 11.4. The van der Waals surface area contributed by atoms with Gasteiger partial charge in [0.15, 0.2) is 11.5 Å². The molecular weight excluding hydrogens is 398 g/mol. The fourth-order valence-corrected chi connectivity index (χ4v) is 4.16. The Morgan fingerprint density at radius 1 is 1.29 bits per heavy atom. The van der Waals surface area contributed by atoms with Gasteiger partial charge < -0.3 is 24.3 Å². The van der Waals surface area contributed by atoms with E-state index in [1.807, 2.05) is 25.1 Å². The van der Waals surface area contributed by atoms with Crippen LogP contribution in [0.5, 0.6) is 11.5 Å². The van der Waals surface area contributed by atoms with Crippen molar-refractivity contribution in [2.24, 2.45) is 5.16 Å². The third kappa shape index (κ3) is 3.57. The van der Waals surface area contributed by atoms with Crippen LogP contribution in [0, 0.1) is 18.3 Å². The quantitative estimate of drug-likeness (QED) is 0.762. The molecule has 8 nitrogen and oxygen atoms in total. The number of amides is 1. The number of benzene rings is 2. The highest BCUT2D eigenvalue weighted by molar-refractivity contribution is 6.03. The lowest BCUT2D eigenvalue weighted by atomic mass is 9.94. The summed E-state index contributed by atoms with van der Waals surface area (Å²) in [4.78, 5) is 19.9. The minimum atomic E-state index is -0.727. The number of likely N-dealkylation sites (tertiary alicyclic amines) is 1. The van der Waals surface area contributed by atoms with E-state index >= 15 is 0 Å². The number of nitriles is 1. The van der Waals surface area contributed by atoms with E-state index < -0.39 is 12.1 Å². The summed E-state index contributed by atoms with van der Waals surface area (Å²) in [5.74, 6) is 0.566. The van der Waals surface area contributed by atoms with Crippen LogP contribution in [0.3, 0.4) is 0 Å². The van der Waals surface area contributed by atoms with Gasteiger partial charge in [-0.25, -0.2) is 0 Å². The van der Waals surface area contributed by atoms with E-state index in [2.05, 4.69) is 11.2 Å². The van der Waals surface area contributed by atoms with Gasteiger partial charge in [0, 0.05) is 12.0 Å². The second-order valence-corrected chi connectivity index (χ2v) is 7.60. The summed E-state index contributed by atoms with van der Waals surface area (Å²) in [6, 6.07) is 10.8. The van der Waals surface area contributed by atoms with Gasteiger partial charge in [0.05, 0.1) is 41.6 Å². The fourth-order valence-electron chi connectivity index (χ4n) is 4.16. The number of ether oxygens (including phenoxy) is 2. The Balaban J connectivity index is 1.75. The van der Waals surface area contributed by atoms with Gasteiger partial charge in [-0.05, 0) is 43.2 Å². The number of hydrogen-bond acceptors (Lipinski definition) is 7. The number of carbonyl (C=O) groups is 1. The van der Waals surface area contributed by atoms with E-state index in [1.54, 1.807) is 24.0 Å². The van der Waals surface area contributed by atoms with E-state index in [-0.39, 0.29) is 19.2 Å². The summed E-state index contributed by atoms with van der Waals surface area (Å²) in [7, 11) is 1.45. The molecule has 1 saturated heterocycles. The number of nitrogens with zero attached hydrogens (tertiary/aromatic N) is 3. The zero-order valence-electron chi connectivity index (χ0n) is 17.6. The Morgan fingerprint density at radius 2 is 2.06 bits per heavy atom. The van der Waals surface area contributed by atoms with Crippen LogP contribution in [-0.2, 0) is 4.84 Å². The number of carbonyl (C=O) groups excluding carboxylic acids is 1. The molecule has 0 radical (unpaired) electrons. The Morgan fingerprint density at radius 3 is 2.77 bits per heavy atom. The van der Waals surface area contributed by atoms with E-state index in [1.165, 1.54) is 7.11 Å². The van der Waals surface area contributed by atoms with Crippen molar-refractivity contribution in [2.75, 3.05) is 20.4 Å². The zero-order chi connectivity index (χ0) is 22.1. The fraction of sp³-hybridized carbons (Fsp3) is 0.348. The van der Waals surface area contributed by atoms with E-state index in [0.717, 1.165) is 16.7 Å². The number of aliphatic hydroxyl groups is 1. The molecule has 2 aliphatic heterocycles. The largest absolute Gasteiger partial charge is 0.453 e. The highest BCUT2D eigenvalue weighted by Gasteiger charge is 2.39. The van der Waals surface area contributed by atoms with Crippen LogP contribution in [0.25, 0.3) is 11.1 Å². The second-order valence-electron chi connectivity index (χ2n) is 7.60. The van der Waals surface area contributed by atoms with Gasteiger partial charge in [0.1, 0.15) is 7.11 Å². The summed E-state index contributed by atoms with van der Waals surface area (Å²) in [6.07, 6.45) is -0.288. The van der Waals surface area contributed by atoms with Gasteiger partial charge in [-0.15, -0.1) is 0 Å². The van der Waals surface area contributed by atoms with Crippen molar-refractivity contribution in [1.29, 1.82) is 5.26 Å². The van der Waals surface area contributed by atoms with Crippen LogP contribution in [0.15, 0.2) is 35.5 Å². The molecule has 4 rings (SSSR count). The van der Waals surface area contributed by atoms with Crippen LogP contribution >= 0.6 is 0 Å². The van der Waals surface area contributed by atoms with E-state index in [0.29, 0.717) is 34.8 Å². The maximum atomic E-state index is 13.4. The molecule has 160 valence electrons. The highest BCUT2D eigenvalue weighted by atomic mass is 16.7. The molecule has 0 bridgehead atoms. The van der Waals surface area contributed by atoms with Crippen molar-refractivity contribution < 1.29 is 24.2 Å². The topological polar surface area (TPSA) is 104 Å². The minimum absolute atomic E-state index is 0.000169. The van der Waals surface area contributed by atoms with Crippen LogP contribution < -0.4 is 9.47 Å². The number of fused-ring (bicyclic) bond motifs is 1. The molecule has 0 aliphatic carbocycles. The molecule has 0 spiro atoms. The van der Waals surface area contributed by atoms with Crippen molar-refractivity contribution in [1.82, 2.24) is 4.90 Å². The molecule has 2 aromatic rings. The van der Waals surface area contributed by atoms with Crippen molar-refractivity contribution in [2.45, 2.75) is 32.4 Å². The SMILES string of the molecule is CO/N=C1/C[C@@H]([C@@H](C)O)N(C(=O)c2ccc(-c3cccc(C#N)c3C)c3c2OCO3)C1. The van der Waals surface area contributed by atoms with Crippen molar-refractivity contribution >= 4 is 11.6 Å². The minimum Gasteiger partial charge on any atom is -0.453 e. The lowest BCUT2D eigenvalue weighted by Gasteiger charge is -2.26. The van der Waals surface area contributed by atoms with E-state index in [4.69, 9.17) is 14.3 Å². The molecule has 1 amide bonds. The third-order valence-corrected chi connectivity index (χ3v) is 5.73. The smallest absolute Gasteiger partial charge is 0.258 e. The first-order valence-corrected chi connectivity index (χ1v) is 9.96. The van der Waals surface area contributed by atoms with Gasteiger partial charge in [-0.1, -0.05) is 17.3 Å². The molecule has 8 heteroatoms. The highest BCUT2D eigenvalue weighted by Crippen LogP contribution is 2.45. The lowest BCUT2D eigenvalue weighted by Crippen LogP contribution is -2.41. The summed E-state index contributed by atoms with van der Waals surface area (Å²) >= 11 is 0. The maximum Gasteiger partial charge on any atom is 0.258 e. The maximum absolute atomic E-state index is 13.4. The summed E-state index contributed by atoms with van der Waals surface area (Å²) in [5, 5.41) is 23.5. The summed E-state index contributed by atoms with van der Waals surface area (Å²) in [6.45, 7) is 3.80.